The number of carbonyl (C=O) groups is 2. The molecule has 1 saturated heterocycles. The van der Waals surface area contributed by atoms with E-state index in [1.807, 2.05) is 46.1 Å². The van der Waals surface area contributed by atoms with Crippen LogP contribution in [0, 0.1) is 24.2 Å². The standard InChI is InChI=1S/C38H68N4O6SSi2/c1-13-50(14-2,15-3)47-35-26(7)20-19-21-32(43)31(41-42-39)23-34(27(8)22-30-25-49-29(10)40-30)46-24-33(44)37(38(11,12)36(45)28(35)9)48-51(16-4,17-5)18-6/h22,25-26,28,31-32,34-35,37,43H,13-21,23-24H2,1-12H3/t26-,28+,31-,32-,34-,35-,37-/m1/s1. The Morgan fingerprint density at radius 1 is 1.06 bits per heavy atom. The Hall–Kier alpha value is -1.71. The smallest absolute Gasteiger partial charge is 0.193 e. The van der Waals surface area contributed by atoms with Crippen molar-refractivity contribution in [1.29, 1.82) is 0 Å². The second-order valence-electron chi connectivity index (χ2n) is 15.4. The number of carbonyl (C=O) groups excluding carboxylic acids is 2. The third kappa shape index (κ3) is 11.9. The summed E-state index contributed by atoms with van der Waals surface area (Å²) in [4.78, 5) is 37.1. The zero-order valence-electron chi connectivity index (χ0n) is 33.7. The number of aliphatic hydroxyl groups excluding tert-OH is 1. The number of aromatic nitrogens is 1. The highest BCUT2D eigenvalue weighted by Crippen LogP contribution is 2.39. The molecular formula is C38H68N4O6SSi2. The topological polar surface area (TPSA) is 144 Å². The summed E-state index contributed by atoms with van der Waals surface area (Å²) in [6, 6.07) is 4.58. The second kappa shape index (κ2) is 20.7. The summed E-state index contributed by atoms with van der Waals surface area (Å²) in [5, 5.41) is 18.3. The maximum atomic E-state index is 14.9. The molecule has 0 radical (unpaired) electrons. The predicted molar refractivity (Wildman–Crippen MR) is 214 cm³/mol. The molecule has 1 aliphatic rings. The van der Waals surface area contributed by atoms with Crippen LogP contribution in [0.25, 0.3) is 16.5 Å². The Morgan fingerprint density at radius 2 is 1.63 bits per heavy atom. The third-order valence-electron chi connectivity index (χ3n) is 11.9. The fourth-order valence-electron chi connectivity index (χ4n) is 7.72. The molecule has 290 valence electrons. The molecule has 1 aromatic rings. The number of hydrogen-bond donors (Lipinski definition) is 1. The molecule has 0 aliphatic carbocycles. The van der Waals surface area contributed by atoms with E-state index >= 15 is 0 Å². The van der Waals surface area contributed by atoms with Crippen molar-refractivity contribution in [3.63, 3.8) is 0 Å². The number of hydrogen-bond acceptors (Lipinski definition) is 9. The summed E-state index contributed by atoms with van der Waals surface area (Å²) in [7, 11) is -4.51. The number of aryl methyl sites for hydroxylation is 1. The van der Waals surface area contributed by atoms with E-state index in [9.17, 15) is 20.2 Å². The van der Waals surface area contributed by atoms with Gasteiger partial charge in [0, 0.05) is 16.2 Å². The molecule has 0 spiro atoms. The van der Waals surface area contributed by atoms with Crippen LogP contribution in [0.4, 0.5) is 0 Å². The highest BCUT2D eigenvalue weighted by molar-refractivity contribution is 7.09. The van der Waals surface area contributed by atoms with Gasteiger partial charge < -0.3 is 18.7 Å². The van der Waals surface area contributed by atoms with Gasteiger partial charge in [0.05, 0.1) is 40.5 Å². The Morgan fingerprint density at radius 3 is 2.14 bits per heavy atom. The van der Waals surface area contributed by atoms with E-state index in [1.54, 1.807) is 0 Å². The molecule has 1 N–H and O–H groups in total. The zero-order valence-corrected chi connectivity index (χ0v) is 36.5. The summed E-state index contributed by atoms with van der Waals surface area (Å²) in [6.07, 6.45) is 1.01. The Kier molecular flexibility index (Phi) is 18.4. The number of azide groups is 1. The second-order valence-corrected chi connectivity index (χ2v) is 25.9. The van der Waals surface area contributed by atoms with Crippen molar-refractivity contribution in [1.82, 2.24) is 4.98 Å². The lowest BCUT2D eigenvalue weighted by Crippen LogP contribution is -2.55. The van der Waals surface area contributed by atoms with Gasteiger partial charge in [-0.25, -0.2) is 4.98 Å². The molecule has 2 rings (SSSR count). The minimum absolute atomic E-state index is 0.0163. The highest BCUT2D eigenvalue weighted by Gasteiger charge is 2.50. The van der Waals surface area contributed by atoms with E-state index < -0.39 is 52.3 Å². The summed E-state index contributed by atoms with van der Waals surface area (Å²) in [6.45, 7) is 24.3. The van der Waals surface area contributed by atoms with E-state index in [0.717, 1.165) is 59.0 Å². The maximum Gasteiger partial charge on any atom is 0.193 e. The van der Waals surface area contributed by atoms with Crippen molar-refractivity contribution in [3.8, 4) is 0 Å². The Labute approximate surface area is 314 Å². The molecule has 13 heteroatoms. The molecular weight excluding hydrogens is 697 g/mol. The Balaban J connectivity index is 2.74. The Bertz CT molecular complexity index is 1320. The summed E-state index contributed by atoms with van der Waals surface area (Å²) in [5.41, 5.74) is 9.96. The molecule has 1 aliphatic heterocycles. The summed E-state index contributed by atoms with van der Waals surface area (Å²) >= 11 is 1.54. The molecule has 0 aromatic carbocycles. The van der Waals surface area contributed by atoms with Crippen molar-refractivity contribution in [2.75, 3.05) is 6.61 Å². The van der Waals surface area contributed by atoms with Crippen LogP contribution in [0.1, 0.15) is 113 Å². The number of ketones is 2. The first-order valence-corrected chi connectivity index (χ1v) is 25.3. The van der Waals surface area contributed by atoms with Crippen molar-refractivity contribution in [2.24, 2.45) is 22.4 Å². The van der Waals surface area contributed by atoms with E-state index in [0.29, 0.717) is 12.8 Å². The van der Waals surface area contributed by atoms with Crippen LogP contribution in [-0.2, 0) is 23.2 Å². The lowest BCUT2D eigenvalue weighted by atomic mass is 9.72. The number of thiazole rings is 1. The lowest BCUT2D eigenvalue weighted by Gasteiger charge is -2.44. The van der Waals surface area contributed by atoms with Crippen molar-refractivity contribution < 1.29 is 28.3 Å². The van der Waals surface area contributed by atoms with Crippen molar-refractivity contribution in [3.05, 3.63) is 32.1 Å². The van der Waals surface area contributed by atoms with Gasteiger partial charge in [-0.1, -0.05) is 66.9 Å². The monoisotopic (exact) mass is 764 g/mol. The van der Waals surface area contributed by atoms with Gasteiger partial charge in [-0.15, -0.1) is 11.3 Å². The number of Topliss-reactive ketones (excluding diaryl/α,β-unsaturated/α-hetero) is 2. The van der Waals surface area contributed by atoms with Gasteiger partial charge >= 0.3 is 0 Å². The largest absolute Gasteiger partial charge is 0.413 e. The predicted octanol–water partition coefficient (Wildman–Crippen LogP) is 10.1. The molecule has 0 amide bonds. The average Bonchev–Trinajstić information content (AvgIpc) is 3.53. The first kappa shape index (κ1) is 45.5. The third-order valence-corrected chi connectivity index (χ3v) is 21.9. The molecule has 0 unspecified atom stereocenters. The number of rotatable bonds is 13. The van der Waals surface area contributed by atoms with Gasteiger partial charge in [0.15, 0.2) is 22.4 Å². The SMILES string of the molecule is CC[Si](CC)(CC)O[C@@H]1[C@H](C)CCC[C@@H](O)[C@H](N=[N+]=[N-])C[C@H](C(C)=Cc2csc(C)n2)OCC(=O)[C@@H](O[Si](CC)(CC)CC)C(C)(C)C(=O)[C@H]1C. The average molecular weight is 765 g/mol. The summed E-state index contributed by atoms with van der Waals surface area (Å²) in [5.74, 6) is -0.784. The fourth-order valence-corrected chi connectivity index (χ4v) is 14.2. The van der Waals surface area contributed by atoms with Crippen LogP contribution in [0.5, 0.6) is 0 Å². The number of ether oxygens (including phenoxy) is 1. The molecule has 7 atom stereocenters. The zero-order chi connectivity index (χ0) is 38.6. The van der Waals surface area contributed by atoms with Crippen molar-refractivity contribution >= 4 is 45.6 Å². The van der Waals surface area contributed by atoms with Crippen LogP contribution in [0.3, 0.4) is 0 Å². The first-order chi connectivity index (χ1) is 24.0. The lowest BCUT2D eigenvalue weighted by molar-refractivity contribution is -0.150. The van der Waals surface area contributed by atoms with E-state index in [4.69, 9.17) is 13.6 Å². The molecule has 0 bridgehead atoms. The number of nitrogens with zero attached hydrogens (tertiary/aromatic N) is 4. The van der Waals surface area contributed by atoms with Gasteiger partial charge in [0.1, 0.15) is 18.5 Å². The summed E-state index contributed by atoms with van der Waals surface area (Å²) < 4.78 is 20.6. The minimum Gasteiger partial charge on any atom is -0.413 e. The van der Waals surface area contributed by atoms with E-state index in [1.165, 1.54) is 11.3 Å². The molecule has 1 aromatic heterocycles. The van der Waals surface area contributed by atoms with E-state index in [2.05, 4.69) is 63.5 Å². The molecule has 0 saturated carbocycles. The molecule has 2 heterocycles. The maximum absolute atomic E-state index is 14.9. The van der Waals surface area contributed by atoms with Gasteiger partial charge in [0.2, 0.25) is 0 Å². The molecule has 10 nitrogen and oxygen atoms in total. The van der Waals surface area contributed by atoms with Gasteiger partial charge in [0.25, 0.3) is 0 Å². The number of aliphatic hydroxyl groups is 1. The van der Waals surface area contributed by atoms with Gasteiger partial charge in [-0.3, -0.25) is 9.59 Å². The van der Waals surface area contributed by atoms with Crippen LogP contribution < -0.4 is 0 Å². The van der Waals surface area contributed by atoms with Crippen LogP contribution >= 0.6 is 11.3 Å². The van der Waals surface area contributed by atoms with Crippen LogP contribution in [0.2, 0.25) is 36.3 Å². The van der Waals surface area contributed by atoms with Crippen LogP contribution in [0.15, 0.2) is 16.1 Å². The fraction of sp³-hybridized carbons (Fsp3) is 0.816. The van der Waals surface area contributed by atoms with Crippen molar-refractivity contribution in [2.45, 2.75) is 175 Å². The van der Waals surface area contributed by atoms with Gasteiger partial charge in [-0.05, 0) is 106 Å². The first-order valence-electron chi connectivity index (χ1n) is 19.4. The van der Waals surface area contributed by atoms with E-state index in [-0.39, 0.29) is 36.6 Å². The van der Waals surface area contributed by atoms with Crippen LogP contribution in [-0.4, -0.2) is 75.4 Å². The molecule has 51 heavy (non-hydrogen) atoms. The minimum atomic E-state index is -2.37. The quantitative estimate of drug-likeness (QED) is 0.0911. The highest BCUT2D eigenvalue weighted by atomic mass is 32.1. The molecule has 1 fully saturated rings. The van der Waals surface area contributed by atoms with Gasteiger partial charge in [-0.2, -0.15) is 0 Å². The normalized spacial score (nSPS) is 28.0.